The fourth-order valence-corrected chi connectivity index (χ4v) is 2.51. The van der Waals surface area contributed by atoms with E-state index in [2.05, 4.69) is 38.1 Å². The Labute approximate surface area is 78.7 Å². The van der Waals surface area contributed by atoms with Crippen LogP contribution in [0.1, 0.15) is 31.1 Å². The molecule has 1 nitrogen and oxygen atoms in total. The highest BCUT2D eigenvalue weighted by atomic mass is 16.6. The lowest BCUT2D eigenvalue weighted by Gasteiger charge is -2.27. The van der Waals surface area contributed by atoms with Crippen LogP contribution in [0.5, 0.6) is 0 Å². The molecule has 0 amide bonds. The monoisotopic (exact) mass is 174 g/mol. The maximum absolute atomic E-state index is 5.72. The first-order valence-electron chi connectivity index (χ1n) is 4.92. The van der Waals surface area contributed by atoms with Gasteiger partial charge in [-0.3, -0.25) is 0 Å². The molecule has 2 unspecified atom stereocenters. The first kappa shape index (κ1) is 7.57. The Morgan fingerprint density at radius 3 is 2.92 bits per heavy atom. The standard InChI is InChI=1S/C12H14O/c1-12(2)7-8-5-3-4-6-9(8)10-11(12)13-10/h3-6,10-11H,7H2,1-2H3. The SMILES string of the molecule is CC1(C)Cc2ccccc2C2OC21. The van der Waals surface area contributed by atoms with E-state index in [1.807, 2.05) is 0 Å². The van der Waals surface area contributed by atoms with Crippen molar-refractivity contribution >= 4 is 0 Å². The van der Waals surface area contributed by atoms with E-state index in [4.69, 9.17) is 4.74 Å². The Balaban J connectivity index is 2.11. The van der Waals surface area contributed by atoms with Gasteiger partial charge in [-0.1, -0.05) is 38.1 Å². The second kappa shape index (κ2) is 2.16. The third-order valence-corrected chi connectivity index (χ3v) is 3.27. The van der Waals surface area contributed by atoms with Crippen LogP contribution in [0.3, 0.4) is 0 Å². The van der Waals surface area contributed by atoms with E-state index in [0.29, 0.717) is 17.6 Å². The van der Waals surface area contributed by atoms with Crippen molar-refractivity contribution < 1.29 is 4.74 Å². The van der Waals surface area contributed by atoms with Crippen molar-refractivity contribution in [1.82, 2.24) is 0 Å². The van der Waals surface area contributed by atoms with Gasteiger partial charge in [0, 0.05) is 0 Å². The number of hydrogen-bond acceptors (Lipinski definition) is 1. The summed E-state index contributed by atoms with van der Waals surface area (Å²) in [6, 6.07) is 8.66. The van der Waals surface area contributed by atoms with Crippen LogP contribution in [-0.4, -0.2) is 6.10 Å². The summed E-state index contributed by atoms with van der Waals surface area (Å²) in [5, 5.41) is 0. The minimum Gasteiger partial charge on any atom is -0.364 e. The minimum atomic E-state index is 0.332. The average molecular weight is 174 g/mol. The Kier molecular flexibility index (Phi) is 1.26. The number of epoxide rings is 1. The van der Waals surface area contributed by atoms with E-state index < -0.39 is 0 Å². The van der Waals surface area contributed by atoms with Gasteiger partial charge in [-0.15, -0.1) is 0 Å². The Hall–Kier alpha value is -0.820. The van der Waals surface area contributed by atoms with Crippen molar-refractivity contribution in [3.8, 4) is 0 Å². The van der Waals surface area contributed by atoms with Crippen LogP contribution in [0, 0.1) is 5.41 Å². The molecule has 2 aliphatic rings. The molecule has 0 aromatic heterocycles. The molecule has 2 atom stereocenters. The molecular formula is C12H14O. The molecule has 1 heterocycles. The van der Waals surface area contributed by atoms with Crippen LogP contribution in [0.25, 0.3) is 0 Å². The fraction of sp³-hybridized carbons (Fsp3) is 0.500. The summed E-state index contributed by atoms with van der Waals surface area (Å²) in [6.45, 7) is 4.60. The van der Waals surface area contributed by atoms with Crippen LogP contribution in [-0.2, 0) is 11.2 Å². The van der Waals surface area contributed by atoms with Gasteiger partial charge in [-0.2, -0.15) is 0 Å². The molecule has 0 N–H and O–H groups in total. The van der Waals surface area contributed by atoms with Gasteiger partial charge in [0.2, 0.25) is 0 Å². The van der Waals surface area contributed by atoms with Crippen molar-refractivity contribution in [3.63, 3.8) is 0 Å². The summed E-state index contributed by atoms with van der Waals surface area (Å²) in [7, 11) is 0. The lowest BCUT2D eigenvalue weighted by atomic mass is 9.74. The van der Waals surface area contributed by atoms with Crippen molar-refractivity contribution in [2.75, 3.05) is 0 Å². The van der Waals surface area contributed by atoms with Gasteiger partial charge in [0.25, 0.3) is 0 Å². The molecule has 1 aliphatic heterocycles. The molecule has 0 radical (unpaired) electrons. The number of benzene rings is 1. The lowest BCUT2D eigenvalue weighted by Crippen LogP contribution is -2.26. The number of rotatable bonds is 0. The normalized spacial score (nSPS) is 33.4. The minimum absolute atomic E-state index is 0.332. The molecule has 1 aromatic rings. The predicted octanol–water partition coefficient (Wildman–Crippen LogP) is 2.71. The highest BCUT2D eigenvalue weighted by Crippen LogP contribution is 2.55. The van der Waals surface area contributed by atoms with Crippen molar-refractivity contribution in [1.29, 1.82) is 0 Å². The summed E-state index contributed by atoms with van der Waals surface area (Å²) < 4.78 is 5.72. The summed E-state index contributed by atoms with van der Waals surface area (Å²) in [4.78, 5) is 0. The first-order valence-corrected chi connectivity index (χ1v) is 4.92. The van der Waals surface area contributed by atoms with Gasteiger partial charge < -0.3 is 4.74 Å². The largest absolute Gasteiger partial charge is 0.364 e. The second-order valence-electron chi connectivity index (χ2n) is 4.84. The maximum atomic E-state index is 5.72. The summed E-state index contributed by atoms with van der Waals surface area (Å²) in [5.74, 6) is 0. The van der Waals surface area contributed by atoms with Gasteiger partial charge in [0.15, 0.2) is 0 Å². The maximum Gasteiger partial charge on any atom is 0.110 e. The fourth-order valence-electron chi connectivity index (χ4n) is 2.51. The van der Waals surface area contributed by atoms with Crippen molar-refractivity contribution in [2.24, 2.45) is 5.41 Å². The molecule has 0 saturated carbocycles. The van der Waals surface area contributed by atoms with E-state index in [1.165, 1.54) is 11.1 Å². The van der Waals surface area contributed by atoms with E-state index >= 15 is 0 Å². The van der Waals surface area contributed by atoms with Gasteiger partial charge in [-0.25, -0.2) is 0 Å². The molecule has 3 rings (SSSR count). The molecule has 1 fully saturated rings. The average Bonchev–Trinajstić information content (AvgIpc) is 2.83. The summed E-state index contributed by atoms with van der Waals surface area (Å²) in [6.07, 6.45) is 2.03. The summed E-state index contributed by atoms with van der Waals surface area (Å²) >= 11 is 0. The molecule has 1 aromatic carbocycles. The van der Waals surface area contributed by atoms with Crippen LogP contribution in [0.4, 0.5) is 0 Å². The zero-order valence-electron chi connectivity index (χ0n) is 8.08. The third-order valence-electron chi connectivity index (χ3n) is 3.27. The van der Waals surface area contributed by atoms with Gasteiger partial charge >= 0.3 is 0 Å². The van der Waals surface area contributed by atoms with Crippen molar-refractivity contribution in [3.05, 3.63) is 35.4 Å². The van der Waals surface area contributed by atoms with E-state index in [9.17, 15) is 0 Å². The van der Waals surface area contributed by atoms with Crippen molar-refractivity contribution in [2.45, 2.75) is 32.5 Å². The van der Waals surface area contributed by atoms with Crippen LogP contribution in [0.15, 0.2) is 24.3 Å². The number of fused-ring (bicyclic) bond motifs is 3. The topological polar surface area (TPSA) is 12.5 Å². The highest BCUT2D eigenvalue weighted by Gasteiger charge is 2.54. The van der Waals surface area contributed by atoms with Gasteiger partial charge in [0.05, 0.1) is 6.10 Å². The van der Waals surface area contributed by atoms with E-state index in [1.54, 1.807) is 0 Å². The predicted molar refractivity (Wildman–Crippen MR) is 51.5 cm³/mol. The lowest BCUT2D eigenvalue weighted by molar-refractivity contribution is 0.242. The van der Waals surface area contributed by atoms with Crippen LogP contribution in [0.2, 0.25) is 0 Å². The Morgan fingerprint density at radius 2 is 2.08 bits per heavy atom. The molecule has 68 valence electrons. The van der Waals surface area contributed by atoms with E-state index in [-0.39, 0.29) is 0 Å². The zero-order valence-corrected chi connectivity index (χ0v) is 8.08. The molecule has 0 spiro atoms. The van der Waals surface area contributed by atoms with Gasteiger partial charge in [-0.05, 0) is 23.0 Å². The quantitative estimate of drug-likeness (QED) is 0.551. The number of hydrogen-bond donors (Lipinski definition) is 0. The van der Waals surface area contributed by atoms with E-state index in [0.717, 1.165) is 6.42 Å². The molecule has 13 heavy (non-hydrogen) atoms. The van der Waals surface area contributed by atoms with Crippen LogP contribution >= 0.6 is 0 Å². The highest BCUT2D eigenvalue weighted by molar-refractivity contribution is 5.37. The molecule has 1 heteroatoms. The van der Waals surface area contributed by atoms with Crippen LogP contribution < -0.4 is 0 Å². The molecule has 0 bridgehead atoms. The third kappa shape index (κ3) is 0.969. The molecular weight excluding hydrogens is 160 g/mol. The second-order valence-corrected chi connectivity index (χ2v) is 4.84. The van der Waals surface area contributed by atoms with Gasteiger partial charge in [0.1, 0.15) is 6.10 Å². The Morgan fingerprint density at radius 1 is 1.31 bits per heavy atom. The summed E-state index contributed by atoms with van der Waals surface area (Å²) in [5.41, 5.74) is 3.23. The zero-order chi connectivity index (χ0) is 9.05. The molecule has 1 aliphatic carbocycles. The molecule has 1 saturated heterocycles. The first-order chi connectivity index (χ1) is 6.18. The number of ether oxygens (including phenoxy) is 1. The Bertz CT molecular complexity index is 354. The smallest absolute Gasteiger partial charge is 0.110 e.